The van der Waals surface area contributed by atoms with Crippen molar-refractivity contribution in [1.29, 1.82) is 0 Å². The van der Waals surface area contributed by atoms with Crippen LogP contribution in [0.3, 0.4) is 0 Å². The molecule has 0 aliphatic rings. The van der Waals surface area contributed by atoms with E-state index in [1.807, 2.05) is 36.5 Å². The van der Waals surface area contributed by atoms with Crippen LogP contribution >= 0.6 is 11.8 Å². The number of imidazole rings is 1. The van der Waals surface area contributed by atoms with Crippen LogP contribution in [0.4, 0.5) is 13.2 Å². The summed E-state index contributed by atoms with van der Waals surface area (Å²) in [5, 5.41) is 0.760. The fraction of sp³-hybridized carbons (Fsp3) is 0.258. The van der Waals surface area contributed by atoms with Gasteiger partial charge in [0.05, 0.1) is 5.75 Å². The fourth-order valence-electron chi connectivity index (χ4n) is 4.88. The Morgan fingerprint density at radius 3 is 2.63 bits per heavy atom. The molecule has 38 heavy (non-hydrogen) atoms. The summed E-state index contributed by atoms with van der Waals surface area (Å²) >= 11 is 1.00. The van der Waals surface area contributed by atoms with E-state index in [4.69, 9.17) is 0 Å². The number of hydrogen-bond acceptors (Lipinski definition) is 2. The highest BCUT2D eigenvalue weighted by molar-refractivity contribution is 7.99. The molecular formula is C31H30F3N3S. The highest BCUT2D eigenvalue weighted by atomic mass is 32.2. The second kappa shape index (κ2) is 11.5. The summed E-state index contributed by atoms with van der Waals surface area (Å²) in [7, 11) is 0. The van der Waals surface area contributed by atoms with E-state index < -0.39 is 12.2 Å². The average molecular weight is 534 g/mol. The number of nitrogens with one attached hydrogen (secondary N) is 2. The summed E-state index contributed by atoms with van der Waals surface area (Å²) in [6.07, 6.45) is 3.56. The smallest absolute Gasteiger partial charge is 0.247 e. The van der Waals surface area contributed by atoms with E-state index in [2.05, 4.69) is 53.1 Å². The largest absolute Gasteiger partial charge is 0.361 e. The van der Waals surface area contributed by atoms with Crippen molar-refractivity contribution in [1.82, 2.24) is 15.0 Å². The van der Waals surface area contributed by atoms with E-state index in [0.717, 1.165) is 52.6 Å². The lowest BCUT2D eigenvalue weighted by Gasteiger charge is -2.13. The van der Waals surface area contributed by atoms with Crippen LogP contribution in [0.5, 0.6) is 0 Å². The Morgan fingerprint density at radius 1 is 1.00 bits per heavy atom. The molecule has 0 saturated heterocycles. The van der Waals surface area contributed by atoms with Crippen LogP contribution in [0.2, 0.25) is 0 Å². The highest BCUT2D eigenvalue weighted by Crippen LogP contribution is 2.36. The lowest BCUT2D eigenvalue weighted by atomic mass is 9.95. The molecule has 3 aromatic carbocycles. The van der Waals surface area contributed by atoms with Crippen molar-refractivity contribution in [2.24, 2.45) is 0 Å². The first-order valence-corrected chi connectivity index (χ1v) is 13.8. The maximum Gasteiger partial charge on any atom is 0.247 e. The average Bonchev–Trinajstić information content (AvgIpc) is 3.59. The van der Waals surface area contributed by atoms with Crippen molar-refractivity contribution >= 4 is 22.7 Å². The number of fused-ring (bicyclic) bond motifs is 1. The van der Waals surface area contributed by atoms with E-state index in [-0.39, 0.29) is 11.7 Å². The van der Waals surface area contributed by atoms with Gasteiger partial charge in [0.2, 0.25) is 6.43 Å². The molecule has 0 fully saturated rings. The first kappa shape index (κ1) is 26.2. The minimum Gasteiger partial charge on any atom is -0.361 e. The number of rotatable bonds is 10. The molecule has 1 atom stereocenters. The van der Waals surface area contributed by atoms with E-state index in [9.17, 15) is 8.78 Å². The molecule has 196 valence electrons. The molecule has 5 aromatic rings. The number of H-pyrrole nitrogens is 2. The Morgan fingerprint density at radius 2 is 1.82 bits per heavy atom. The number of hydrogen-bond donors (Lipinski definition) is 2. The molecular weight excluding hydrogens is 503 g/mol. The van der Waals surface area contributed by atoms with E-state index in [1.54, 1.807) is 6.20 Å². The first-order chi connectivity index (χ1) is 18.4. The number of halogens is 3. The SMILES string of the molecule is CCCc1cccc(C(C)c2cnc(-c3cccc(Cc4c(F)cc5[nH]ccc5c4SCC(F)F)c3)[nH]2)c1. The molecule has 0 radical (unpaired) electrons. The quantitative estimate of drug-likeness (QED) is 0.176. The van der Waals surface area contributed by atoms with Gasteiger partial charge >= 0.3 is 0 Å². The van der Waals surface area contributed by atoms with Gasteiger partial charge in [-0.3, -0.25) is 0 Å². The molecule has 2 heterocycles. The van der Waals surface area contributed by atoms with Crippen LogP contribution in [0.15, 0.2) is 78.0 Å². The molecule has 0 bridgehead atoms. The lowest BCUT2D eigenvalue weighted by Crippen LogP contribution is -2.00. The van der Waals surface area contributed by atoms with Gasteiger partial charge in [0.15, 0.2) is 0 Å². The van der Waals surface area contributed by atoms with Crippen LogP contribution < -0.4 is 0 Å². The van der Waals surface area contributed by atoms with Crippen LogP contribution in [-0.4, -0.2) is 27.1 Å². The Labute approximate surface area is 224 Å². The molecule has 0 amide bonds. The van der Waals surface area contributed by atoms with Gasteiger partial charge in [-0.25, -0.2) is 18.2 Å². The number of aryl methyl sites for hydroxylation is 1. The predicted molar refractivity (Wildman–Crippen MR) is 150 cm³/mol. The van der Waals surface area contributed by atoms with Gasteiger partial charge in [0.25, 0.3) is 0 Å². The number of nitrogens with zero attached hydrogens (tertiary/aromatic N) is 1. The minimum absolute atomic E-state index is 0.160. The molecule has 0 aliphatic carbocycles. The lowest BCUT2D eigenvalue weighted by molar-refractivity contribution is 0.177. The van der Waals surface area contributed by atoms with Crippen LogP contribution in [0.25, 0.3) is 22.3 Å². The van der Waals surface area contributed by atoms with E-state index >= 15 is 4.39 Å². The fourth-order valence-corrected chi connectivity index (χ4v) is 5.85. The van der Waals surface area contributed by atoms with Gasteiger partial charge in [-0.15, -0.1) is 11.8 Å². The predicted octanol–water partition coefficient (Wildman–Crippen LogP) is 8.75. The zero-order chi connectivity index (χ0) is 26.6. The third-order valence-corrected chi connectivity index (χ3v) is 8.02. The third-order valence-electron chi connectivity index (χ3n) is 6.84. The Bertz CT molecular complexity index is 1540. The number of alkyl halides is 2. The summed E-state index contributed by atoms with van der Waals surface area (Å²) in [6, 6.07) is 19.7. The molecule has 0 aliphatic heterocycles. The van der Waals surface area contributed by atoms with Gasteiger partial charge in [-0.05, 0) is 41.3 Å². The van der Waals surface area contributed by atoms with Gasteiger partial charge < -0.3 is 9.97 Å². The monoisotopic (exact) mass is 533 g/mol. The third kappa shape index (κ3) is 5.68. The summed E-state index contributed by atoms with van der Waals surface area (Å²) in [5.41, 5.74) is 6.41. The van der Waals surface area contributed by atoms with Gasteiger partial charge in [0.1, 0.15) is 11.6 Å². The maximum atomic E-state index is 15.2. The molecule has 1 unspecified atom stereocenters. The Hall–Kier alpha value is -3.45. The zero-order valence-electron chi connectivity index (χ0n) is 21.4. The standard InChI is InChI=1S/C31H30F3N3S/c1-3-6-20-7-4-9-22(13-20)19(2)28-17-36-31(37-28)23-10-5-8-21(14-23)15-25-26(32)16-27-24(11-12-35-27)30(25)38-18-29(33)34/h4-5,7-14,16-17,19,29,35H,3,6,15,18H2,1-2H3,(H,36,37). The van der Waals surface area contributed by atoms with E-state index in [1.165, 1.54) is 17.2 Å². The van der Waals surface area contributed by atoms with Crippen LogP contribution in [0.1, 0.15) is 54.1 Å². The van der Waals surface area contributed by atoms with Crippen molar-refractivity contribution < 1.29 is 13.2 Å². The maximum absolute atomic E-state index is 15.2. The molecule has 0 saturated carbocycles. The van der Waals surface area contributed by atoms with Crippen molar-refractivity contribution in [2.75, 3.05) is 5.75 Å². The van der Waals surface area contributed by atoms with Crippen molar-refractivity contribution in [3.63, 3.8) is 0 Å². The van der Waals surface area contributed by atoms with Crippen molar-refractivity contribution in [2.45, 2.75) is 50.3 Å². The minimum atomic E-state index is -2.47. The Kier molecular flexibility index (Phi) is 7.93. The molecule has 7 heteroatoms. The molecule has 2 N–H and O–H groups in total. The number of thioether (sulfide) groups is 1. The van der Waals surface area contributed by atoms with Crippen LogP contribution in [0, 0.1) is 5.82 Å². The Balaban J connectivity index is 1.41. The summed E-state index contributed by atoms with van der Waals surface area (Å²) < 4.78 is 41.3. The van der Waals surface area contributed by atoms with Crippen LogP contribution in [-0.2, 0) is 12.8 Å². The summed E-state index contributed by atoms with van der Waals surface area (Å²) in [5.74, 6) is 0.118. The van der Waals surface area contributed by atoms with E-state index in [0.29, 0.717) is 22.4 Å². The second-order valence-electron chi connectivity index (χ2n) is 9.59. The van der Waals surface area contributed by atoms with Gasteiger partial charge in [-0.1, -0.05) is 62.7 Å². The highest BCUT2D eigenvalue weighted by Gasteiger charge is 2.18. The molecule has 0 spiro atoms. The molecule has 3 nitrogen and oxygen atoms in total. The molecule has 5 rings (SSSR count). The van der Waals surface area contributed by atoms with Crippen molar-refractivity contribution in [3.8, 4) is 11.4 Å². The van der Waals surface area contributed by atoms with Crippen molar-refractivity contribution in [3.05, 3.63) is 107 Å². The normalized spacial score (nSPS) is 12.5. The number of aromatic nitrogens is 3. The summed E-state index contributed by atoms with van der Waals surface area (Å²) in [6.45, 7) is 4.35. The second-order valence-corrected chi connectivity index (χ2v) is 10.6. The zero-order valence-corrected chi connectivity index (χ0v) is 22.2. The number of aromatic amines is 2. The number of benzene rings is 3. The topological polar surface area (TPSA) is 44.5 Å². The van der Waals surface area contributed by atoms with Gasteiger partial charge in [0, 0.05) is 57.4 Å². The van der Waals surface area contributed by atoms with Gasteiger partial charge in [-0.2, -0.15) is 0 Å². The molecule has 2 aromatic heterocycles. The first-order valence-electron chi connectivity index (χ1n) is 12.9. The summed E-state index contributed by atoms with van der Waals surface area (Å²) in [4.78, 5) is 11.7.